The molecule has 0 aromatic rings. The highest BCUT2D eigenvalue weighted by atomic mass is 32.2. The van der Waals surface area contributed by atoms with Crippen LogP contribution in [0.3, 0.4) is 0 Å². The van der Waals surface area contributed by atoms with Crippen molar-refractivity contribution in [2.45, 2.75) is 0 Å². The fourth-order valence-corrected chi connectivity index (χ4v) is 0.815. The summed E-state index contributed by atoms with van der Waals surface area (Å²) in [5.74, 6) is 2.00. The average molecular weight is 114 g/mol. The summed E-state index contributed by atoms with van der Waals surface area (Å²) in [6.45, 7) is 0. The maximum absolute atomic E-state index is 3.69. The molecule has 0 saturated carbocycles. The number of hydrogen-bond donors (Lipinski definition) is 0. The minimum Gasteiger partial charge on any atom is -0.163 e. The first-order chi connectivity index (χ1) is 3.50. The maximum Gasteiger partial charge on any atom is 0.0369 e. The first kappa shape index (κ1) is 4.84. The fraction of sp³-hybridized carbons (Fsp3) is 0.500. The molecule has 0 fully saturated rings. The second kappa shape index (κ2) is 2.80. The second-order valence-electron chi connectivity index (χ2n) is 1.13. The predicted molar refractivity (Wildman–Crippen MR) is 34.3 cm³/mol. The molecule has 38 valence electrons. The lowest BCUT2D eigenvalue weighted by molar-refractivity contribution is 1.27. The predicted octanol–water partition coefficient (Wildman–Crippen LogP) is 0.790. The van der Waals surface area contributed by atoms with E-state index in [2.05, 4.69) is 10.2 Å². The van der Waals surface area contributed by atoms with Gasteiger partial charge in [0.25, 0.3) is 0 Å². The van der Waals surface area contributed by atoms with Crippen molar-refractivity contribution < 1.29 is 0 Å². The molecule has 0 N–H and O–H groups in total. The van der Waals surface area contributed by atoms with E-state index in [1.165, 1.54) is 0 Å². The van der Waals surface area contributed by atoms with Gasteiger partial charge in [-0.05, 0) is 0 Å². The van der Waals surface area contributed by atoms with Crippen LogP contribution in [0.5, 0.6) is 0 Å². The molecule has 0 spiro atoms. The van der Waals surface area contributed by atoms with Gasteiger partial charge in [0, 0.05) is 23.9 Å². The standard InChI is InChI=1S/C4H6N2S/c1-3-7-4-2-6-5-1/h1-2H,3-4H2. The van der Waals surface area contributed by atoms with Gasteiger partial charge in [0.1, 0.15) is 0 Å². The lowest BCUT2D eigenvalue weighted by Gasteiger charge is -1.79. The van der Waals surface area contributed by atoms with Crippen molar-refractivity contribution in [3.05, 3.63) is 0 Å². The van der Waals surface area contributed by atoms with Gasteiger partial charge >= 0.3 is 0 Å². The topological polar surface area (TPSA) is 24.7 Å². The van der Waals surface area contributed by atoms with E-state index < -0.39 is 0 Å². The Kier molecular flexibility index (Phi) is 1.93. The summed E-state index contributed by atoms with van der Waals surface area (Å²) in [7, 11) is 0. The summed E-state index contributed by atoms with van der Waals surface area (Å²) in [4.78, 5) is 0. The highest BCUT2D eigenvalue weighted by Crippen LogP contribution is 1.96. The second-order valence-corrected chi connectivity index (χ2v) is 2.21. The number of nitrogens with zero attached hydrogens (tertiary/aromatic N) is 2. The van der Waals surface area contributed by atoms with Crippen LogP contribution in [0.4, 0.5) is 0 Å². The summed E-state index contributed by atoms with van der Waals surface area (Å²) in [6, 6.07) is 0. The van der Waals surface area contributed by atoms with E-state index >= 15 is 0 Å². The van der Waals surface area contributed by atoms with Crippen LogP contribution < -0.4 is 0 Å². The van der Waals surface area contributed by atoms with Crippen molar-refractivity contribution in [1.82, 2.24) is 0 Å². The van der Waals surface area contributed by atoms with Crippen molar-refractivity contribution in [2.24, 2.45) is 10.2 Å². The van der Waals surface area contributed by atoms with Crippen molar-refractivity contribution in [3.63, 3.8) is 0 Å². The van der Waals surface area contributed by atoms with E-state index in [0.717, 1.165) is 11.5 Å². The van der Waals surface area contributed by atoms with Gasteiger partial charge in [0.15, 0.2) is 0 Å². The number of hydrogen-bond acceptors (Lipinski definition) is 3. The molecule has 0 aromatic carbocycles. The molecule has 1 heterocycles. The van der Waals surface area contributed by atoms with E-state index in [1.54, 1.807) is 0 Å². The molecule has 0 atom stereocenters. The van der Waals surface area contributed by atoms with Gasteiger partial charge < -0.3 is 0 Å². The van der Waals surface area contributed by atoms with E-state index in [4.69, 9.17) is 0 Å². The van der Waals surface area contributed by atoms with Crippen molar-refractivity contribution in [1.29, 1.82) is 0 Å². The Morgan fingerprint density at radius 2 is 1.71 bits per heavy atom. The average Bonchev–Trinajstić information content (AvgIpc) is 1.90. The normalized spacial score (nSPS) is 19.4. The molecule has 0 amide bonds. The van der Waals surface area contributed by atoms with Gasteiger partial charge in [0.05, 0.1) is 0 Å². The molecular weight excluding hydrogens is 108 g/mol. The lowest BCUT2D eigenvalue weighted by atomic mass is 10.9. The summed E-state index contributed by atoms with van der Waals surface area (Å²) in [6.07, 6.45) is 3.63. The number of rotatable bonds is 0. The zero-order chi connectivity index (χ0) is 4.95. The SMILES string of the molecule is C1=NN=CCSC1. The lowest BCUT2D eigenvalue weighted by Crippen LogP contribution is -1.78. The van der Waals surface area contributed by atoms with Crippen LogP contribution in [0, 0.1) is 0 Å². The molecule has 3 heteroatoms. The first-order valence-corrected chi connectivity index (χ1v) is 3.26. The number of thioether (sulfide) groups is 1. The molecule has 0 radical (unpaired) electrons. The molecule has 0 saturated heterocycles. The first-order valence-electron chi connectivity index (χ1n) is 2.11. The molecular formula is C4H6N2S. The zero-order valence-corrected chi connectivity index (χ0v) is 4.69. The molecule has 0 bridgehead atoms. The summed E-state index contributed by atoms with van der Waals surface area (Å²) in [5, 5.41) is 7.39. The van der Waals surface area contributed by atoms with Crippen LogP contribution >= 0.6 is 11.8 Å². The van der Waals surface area contributed by atoms with Crippen molar-refractivity contribution >= 4 is 24.2 Å². The van der Waals surface area contributed by atoms with Crippen LogP contribution in [-0.4, -0.2) is 23.9 Å². The van der Waals surface area contributed by atoms with Crippen molar-refractivity contribution in [2.75, 3.05) is 11.5 Å². The fourth-order valence-electron chi connectivity index (χ4n) is 0.334. The molecule has 7 heavy (non-hydrogen) atoms. The van der Waals surface area contributed by atoms with E-state index in [9.17, 15) is 0 Å². The highest BCUT2D eigenvalue weighted by Gasteiger charge is 1.83. The smallest absolute Gasteiger partial charge is 0.0369 e. The van der Waals surface area contributed by atoms with Gasteiger partial charge in [0.2, 0.25) is 0 Å². The minimum absolute atomic E-state index is 1.00. The maximum atomic E-state index is 3.69. The quantitative estimate of drug-likeness (QED) is 0.457. The molecule has 0 aliphatic carbocycles. The largest absolute Gasteiger partial charge is 0.163 e. The molecule has 1 aliphatic rings. The van der Waals surface area contributed by atoms with Crippen LogP contribution in [0.2, 0.25) is 0 Å². The van der Waals surface area contributed by atoms with Gasteiger partial charge in [-0.1, -0.05) is 0 Å². The third kappa shape index (κ3) is 1.73. The highest BCUT2D eigenvalue weighted by molar-refractivity contribution is 8.00. The Bertz CT molecular complexity index is 85.9. The summed E-state index contributed by atoms with van der Waals surface area (Å²) < 4.78 is 0. The van der Waals surface area contributed by atoms with Gasteiger partial charge in [-0.25, -0.2) is 0 Å². The molecule has 1 aliphatic heterocycles. The van der Waals surface area contributed by atoms with Crippen LogP contribution in [-0.2, 0) is 0 Å². The molecule has 0 unspecified atom stereocenters. The van der Waals surface area contributed by atoms with Crippen LogP contribution in [0.1, 0.15) is 0 Å². The van der Waals surface area contributed by atoms with E-state index in [0.29, 0.717) is 0 Å². The monoisotopic (exact) mass is 114 g/mol. The third-order valence-corrected chi connectivity index (χ3v) is 1.38. The van der Waals surface area contributed by atoms with E-state index in [1.807, 2.05) is 24.2 Å². The molecule has 1 rings (SSSR count). The van der Waals surface area contributed by atoms with Crippen LogP contribution in [0.15, 0.2) is 10.2 Å². The van der Waals surface area contributed by atoms with Gasteiger partial charge in [-0.15, -0.1) is 0 Å². The van der Waals surface area contributed by atoms with Crippen LogP contribution in [0.25, 0.3) is 0 Å². The molecule has 2 nitrogen and oxygen atoms in total. The molecule has 0 aromatic heterocycles. The Morgan fingerprint density at radius 3 is 2.29 bits per heavy atom. The van der Waals surface area contributed by atoms with Gasteiger partial charge in [-0.3, -0.25) is 0 Å². The van der Waals surface area contributed by atoms with Crippen molar-refractivity contribution in [3.8, 4) is 0 Å². The third-order valence-electron chi connectivity index (χ3n) is 0.615. The minimum atomic E-state index is 1.00. The summed E-state index contributed by atoms with van der Waals surface area (Å²) in [5.41, 5.74) is 0. The van der Waals surface area contributed by atoms with E-state index in [-0.39, 0.29) is 0 Å². The Balaban J connectivity index is 2.39. The Hall–Kier alpha value is -0.310. The summed E-state index contributed by atoms with van der Waals surface area (Å²) >= 11 is 1.82. The zero-order valence-electron chi connectivity index (χ0n) is 3.87. The Morgan fingerprint density at radius 1 is 1.14 bits per heavy atom. The van der Waals surface area contributed by atoms with Gasteiger partial charge in [-0.2, -0.15) is 22.0 Å². The Labute approximate surface area is 46.7 Å².